The van der Waals surface area contributed by atoms with E-state index in [1.165, 1.54) is 24.3 Å². The van der Waals surface area contributed by atoms with Crippen LogP contribution in [0.5, 0.6) is 11.8 Å². The van der Waals surface area contributed by atoms with Gasteiger partial charge in [-0.1, -0.05) is 0 Å². The summed E-state index contributed by atoms with van der Waals surface area (Å²) in [7, 11) is 0. The Bertz CT molecular complexity index is 948. The number of nitrogens with zero attached hydrogens (tertiary/aromatic N) is 4. The Hall–Kier alpha value is -3.28. The lowest BCUT2D eigenvalue weighted by Gasteiger charge is -2.05. The van der Waals surface area contributed by atoms with E-state index in [1.54, 1.807) is 23.1 Å². The average Bonchev–Trinajstić information content (AvgIpc) is 3.05. The van der Waals surface area contributed by atoms with Crippen molar-refractivity contribution in [2.24, 2.45) is 0 Å². The van der Waals surface area contributed by atoms with E-state index in [1.807, 2.05) is 24.4 Å². The summed E-state index contributed by atoms with van der Waals surface area (Å²) in [5.41, 5.74) is 2.86. The number of pyridine rings is 1. The van der Waals surface area contributed by atoms with Gasteiger partial charge < -0.3 is 4.74 Å². The van der Waals surface area contributed by atoms with Gasteiger partial charge in [0.05, 0.1) is 5.52 Å². The van der Waals surface area contributed by atoms with Crippen LogP contribution in [0.2, 0.25) is 0 Å². The molecule has 1 aromatic carbocycles. The number of hydrogen-bond donors (Lipinski definition) is 0. The van der Waals surface area contributed by atoms with E-state index < -0.39 is 0 Å². The van der Waals surface area contributed by atoms with Gasteiger partial charge >= 0.3 is 6.01 Å². The van der Waals surface area contributed by atoms with Crippen LogP contribution in [0, 0.1) is 5.82 Å². The molecule has 0 radical (unpaired) electrons. The first-order valence-electron chi connectivity index (χ1n) is 6.97. The third-order valence-electron chi connectivity index (χ3n) is 3.38. The summed E-state index contributed by atoms with van der Waals surface area (Å²) < 4.78 is 20.1. The maximum atomic E-state index is 12.9. The Morgan fingerprint density at radius 1 is 0.913 bits per heavy atom. The lowest BCUT2D eigenvalue weighted by molar-refractivity contribution is 0.440. The van der Waals surface area contributed by atoms with Gasteiger partial charge in [0.2, 0.25) is 0 Å². The van der Waals surface area contributed by atoms with Crippen LogP contribution in [0.25, 0.3) is 16.6 Å². The van der Waals surface area contributed by atoms with Crippen LogP contribution in [0.1, 0.15) is 0 Å². The van der Waals surface area contributed by atoms with Crippen molar-refractivity contribution >= 4 is 5.52 Å². The van der Waals surface area contributed by atoms with Crippen molar-refractivity contribution in [3.63, 3.8) is 0 Å². The molecule has 0 saturated carbocycles. The Morgan fingerprint density at radius 3 is 2.48 bits per heavy atom. The second-order valence-electron chi connectivity index (χ2n) is 4.93. The smallest absolute Gasteiger partial charge is 0.321 e. The van der Waals surface area contributed by atoms with E-state index in [9.17, 15) is 4.39 Å². The van der Waals surface area contributed by atoms with Crippen LogP contribution < -0.4 is 4.74 Å². The molecule has 112 valence electrons. The monoisotopic (exact) mass is 306 g/mol. The third kappa shape index (κ3) is 2.74. The lowest BCUT2D eigenvalue weighted by atomic mass is 10.1. The zero-order chi connectivity index (χ0) is 15.6. The molecule has 0 atom stereocenters. The van der Waals surface area contributed by atoms with Crippen LogP contribution in [0.4, 0.5) is 4.39 Å². The molecule has 0 aliphatic carbocycles. The van der Waals surface area contributed by atoms with E-state index >= 15 is 0 Å². The van der Waals surface area contributed by atoms with Crippen LogP contribution in [0.3, 0.4) is 0 Å². The quantitative estimate of drug-likeness (QED) is 0.579. The molecule has 3 aromatic heterocycles. The maximum absolute atomic E-state index is 12.9. The average molecular weight is 306 g/mol. The number of halogens is 1. The fraction of sp³-hybridized carbons (Fsp3) is 0. The highest BCUT2D eigenvalue weighted by Crippen LogP contribution is 2.22. The minimum absolute atomic E-state index is 0.214. The molecule has 4 rings (SSSR count). The number of benzene rings is 1. The molecule has 0 unspecified atom stereocenters. The molecule has 0 bridgehead atoms. The van der Waals surface area contributed by atoms with Gasteiger partial charge in [-0.3, -0.25) is 0 Å². The van der Waals surface area contributed by atoms with Gasteiger partial charge in [0.1, 0.15) is 11.6 Å². The van der Waals surface area contributed by atoms with Crippen molar-refractivity contribution in [2.75, 3.05) is 0 Å². The number of rotatable bonds is 3. The van der Waals surface area contributed by atoms with Gasteiger partial charge in [-0.25, -0.2) is 18.9 Å². The molecular formula is C17H11FN4O. The van der Waals surface area contributed by atoms with Crippen LogP contribution in [-0.4, -0.2) is 19.6 Å². The van der Waals surface area contributed by atoms with Crippen LogP contribution in [-0.2, 0) is 0 Å². The standard InChI is InChI=1S/C17H11FN4O/c18-14-1-3-16(4-2-14)23-17-19-10-13(11-20-17)12-6-8-22-15(9-12)5-7-21-22/h1-11H. The molecule has 5 nitrogen and oxygen atoms in total. The highest BCUT2D eigenvalue weighted by Gasteiger charge is 2.04. The molecule has 4 aromatic rings. The van der Waals surface area contributed by atoms with Crippen molar-refractivity contribution in [1.82, 2.24) is 19.6 Å². The predicted molar refractivity (Wildman–Crippen MR) is 82.7 cm³/mol. The van der Waals surface area contributed by atoms with E-state index in [4.69, 9.17) is 4.74 Å². The normalized spacial score (nSPS) is 10.8. The van der Waals surface area contributed by atoms with Crippen molar-refractivity contribution in [3.8, 4) is 22.9 Å². The first kappa shape index (κ1) is 13.4. The fourth-order valence-corrected chi connectivity index (χ4v) is 2.23. The Labute approximate surface area is 131 Å². The third-order valence-corrected chi connectivity index (χ3v) is 3.38. The molecule has 0 saturated heterocycles. The number of ether oxygens (including phenoxy) is 1. The fourth-order valence-electron chi connectivity index (χ4n) is 2.23. The van der Waals surface area contributed by atoms with Crippen molar-refractivity contribution in [3.05, 3.63) is 73.1 Å². The van der Waals surface area contributed by atoms with E-state index in [0.717, 1.165) is 16.6 Å². The Morgan fingerprint density at radius 2 is 1.70 bits per heavy atom. The molecule has 23 heavy (non-hydrogen) atoms. The number of hydrogen-bond acceptors (Lipinski definition) is 4. The topological polar surface area (TPSA) is 52.3 Å². The van der Waals surface area contributed by atoms with Gasteiger partial charge in [-0.15, -0.1) is 0 Å². The van der Waals surface area contributed by atoms with Gasteiger partial charge in [0.15, 0.2) is 0 Å². The highest BCUT2D eigenvalue weighted by atomic mass is 19.1. The lowest BCUT2D eigenvalue weighted by Crippen LogP contribution is -1.93. The van der Waals surface area contributed by atoms with Crippen molar-refractivity contribution in [2.45, 2.75) is 0 Å². The first-order chi connectivity index (χ1) is 11.3. The van der Waals surface area contributed by atoms with Crippen LogP contribution in [0.15, 0.2) is 67.3 Å². The molecule has 0 fully saturated rings. The molecule has 0 amide bonds. The minimum atomic E-state index is -0.316. The number of aromatic nitrogens is 4. The van der Waals surface area contributed by atoms with Gasteiger partial charge in [0, 0.05) is 30.4 Å². The summed E-state index contributed by atoms with van der Waals surface area (Å²) in [5.74, 6) is 0.170. The predicted octanol–water partition coefficient (Wildman–Crippen LogP) is 3.72. The zero-order valence-corrected chi connectivity index (χ0v) is 11.9. The van der Waals surface area contributed by atoms with Crippen molar-refractivity contribution in [1.29, 1.82) is 0 Å². The maximum Gasteiger partial charge on any atom is 0.321 e. The molecule has 0 aliphatic heterocycles. The van der Waals surface area contributed by atoms with E-state index in [0.29, 0.717) is 5.75 Å². The van der Waals surface area contributed by atoms with Gasteiger partial charge in [0.25, 0.3) is 0 Å². The molecular weight excluding hydrogens is 295 g/mol. The second kappa shape index (κ2) is 5.49. The SMILES string of the molecule is Fc1ccc(Oc2ncc(-c3ccn4nccc4c3)cn2)cc1. The largest absolute Gasteiger partial charge is 0.424 e. The van der Waals surface area contributed by atoms with E-state index in [-0.39, 0.29) is 11.8 Å². The Kier molecular flexibility index (Phi) is 3.20. The van der Waals surface area contributed by atoms with E-state index in [2.05, 4.69) is 15.1 Å². The van der Waals surface area contributed by atoms with Crippen molar-refractivity contribution < 1.29 is 9.13 Å². The summed E-state index contributed by atoms with van der Waals surface area (Å²) >= 11 is 0. The molecule has 0 spiro atoms. The van der Waals surface area contributed by atoms with Crippen LogP contribution >= 0.6 is 0 Å². The summed E-state index contributed by atoms with van der Waals surface area (Å²) in [6.45, 7) is 0. The highest BCUT2D eigenvalue weighted by molar-refractivity contribution is 5.67. The molecule has 3 heterocycles. The summed E-state index contributed by atoms with van der Waals surface area (Å²) in [4.78, 5) is 8.38. The summed E-state index contributed by atoms with van der Waals surface area (Å²) in [6.07, 6.45) is 7.00. The zero-order valence-electron chi connectivity index (χ0n) is 11.9. The minimum Gasteiger partial charge on any atom is -0.424 e. The molecule has 0 N–H and O–H groups in total. The summed E-state index contributed by atoms with van der Waals surface area (Å²) in [5, 5.41) is 4.16. The molecule has 6 heteroatoms. The first-order valence-corrected chi connectivity index (χ1v) is 6.97. The van der Waals surface area contributed by atoms with Gasteiger partial charge in [-0.05, 0) is 48.0 Å². The second-order valence-corrected chi connectivity index (χ2v) is 4.93. The Balaban J connectivity index is 1.58. The number of fused-ring (bicyclic) bond motifs is 1. The van der Waals surface area contributed by atoms with Gasteiger partial charge in [-0.2, -0.15) is 5.10 Å². The molecule has 0 aliphatic rings. The summed E-state index contributed by atoms with van der Waals surface area (Å²) in [6, 6.07) is 11.8.